The molecular formula is C32H40FN7O2. The standard InChI is InChI=1S/C32H40FN7O2/c1-19(2)23-9-7-8-21(4)30(23)40(18-42)32-24(31(36-6)39-13-12-38(17-41)16-22(39)5)14-26(33)29(37-32)28-20(3)10-11-27(35)25(28)15-34/h7-11,14-15,17-19,22-23,30,34H,12-13,16,35H2,1-6H3. The zero-order valence-electron chi connectivity index (χ0n) is 25.1. The van der Waals surface area contributed by atoms with Gasteiger partial charge in [-0.2, -0.15) is 0 Å². The minimum Gasteiger partial charge on any atom is -0.398 e. The first-order valence-corrected chi connectivity index (χ1v) is 14.2. The van der Waals surface area contributed by atoms with Gasteiger partial charge in [0.2, 0.25) is 12.8 Å². The number of nitrogens with one attached hydrogen (secondary N) is 1. The highest BCUT2D eigenvalue weighted by Gasteiger charge is 2.36. The third-order valence-corrected chi connectivity index (χ3v) is 8.31. The Balaban J connectivity index is 2.00. The lowest BCUT2D eigenvalue weighted by molar-refractivity contribution is -0.120. The number of nitrogen functional groups attached to an aromatic ring is 1. The van der Waals surface area contributed by atoms with Crippen LogP contribution in [0, 0.1) is 30.0 Å². The van der Waals surface area contributed by atoms with Gasteiger partial charge in [-0.25, -0.2) is 9.37 Å². The molecule has 4 rings (SSSR count). The smallest absolute Gasteiger partial charge is 0.215 e. The minimum atomic E-state index is -0.618. The molecule has 1 saturated heterocycles. The van der Waals surface area contributed by atoms with Crippen LogP contribution >= 0.6 is 0 Å². The predicted octanol–water partition coefficient (Wildman–Crippen LogP) is 4.43. The number of nitrogens with two attached hydrogens (primary N) is 1. The van der Waals surface area contributed by atoms with Crippen molar-refractivity contribution in [2.75, 3.05) is 37.3 Å². The van der Waals surface area contributed by atoms with Crippen molar-refractivity contribution in [3.8, 4) is 11.3 Å². The van der Waals surface area contributed by atoms with Gasteiger partial charge >= 0.3 is 0 Å². The van der Waals surface area contributed by atoms with E-state index in [0.29, 0.717) is 53.4 Å². The quantitative estimate of drug-likeness (QED) is 0.210. The number of aryl methyl sites for hydroxylation is 1. The van der Waals surface area contributed by atoms with Gasteiger partial charge in [-0.3, -0.25) is 19.5 Å². The second-order valence-electron chi connectivity index (χ2n) is 11.4. The molecule has 9 nitrogen and oxygen atoms in total. The molecule has 3 N–H and O–H groups in total. The number of aliphatic imine (C=N–C) groups is 1. The molecule has 1 aliphatic heterocycles. The number of carbonyl (C=O) groups excluding carboxylic acids is 2. The van der Waals surface area contributed by atoms with E-state index in [2.05, 4.69) is 24.9 Å². The van der Waals surface area contributed by atoms with Crippen LogP contribution in [-0.2, 0) is 9.59 Å². The fourth-order valence-electron chi connectivity index (χ4n) is 6.11. The van der Waals surface area contributed by atoms with E-state index in [-0.39, 0.29) is 35.4 Å². The van der Waals surface area contributed by atoms with Crippen molar-refractivity contribution in [1.29, 1.82) is 5.41 Å². The number of amidine groups is 1. The number of allylic oxidation sites excluding steroid dienone is 2. The van der Waals surface area contributed by atoms with E-state index < -0.39 is 5.82 Å². The van der Waals surface area contributed by atoms with Gasteiger partial charge in [0.05, 0.1) is 11.6 Å². The summed E-state index contributed by atoms with van der Waals surface area (Å²) in [4.78, 5) is 39.3. The fraction of sp³-hybridized carbons (Fsp3) is 0.406. The molecule has 1 fully saturated rings. The summed E-state index contributed by atoms with van der Waals surface area (Å²) >= 11 is 0. The highest BCUT2D eigenvalue weighted by atomic mass is 19.1. The van der Waals surface area contributed by atoms with Crippen LogP contribution in [0.3, 0.4) is 0 Å². The van der Waals surface area contributed by atoms with Crippen molar-refractivity contribution in [2.24, 2.45) is 16.8 Å². The van der Waals surface area contributed by atoms with E-state index in [1.165, 1.54) is 6.07 Å². The van der Waals surface area contributed by atoms with E-state index >= 15 is 4.39 Å². The summed E-state index contributed by atoms with van der Waals surface area (Å²) in [6, 6.07) is 4.37. The second kappa shape index (κ2) is 12.7. The molecule has 10 heteroatoms. The molecule has 2 amide bonds. The molecule has 3 atom stereocenters. The molecule has 0 saturated carbocycles. The highest BCUT2D eigenvalue weighted by Crippen LogP contribution is 2.38. The summed E-state index contributed by atoms with van der Waals surface area (Å²) in [6.45, 7) is 11.5. The number of anilines is 2. The van der Waals surface area contributed by atoms with Crippen LogP contribution in [0.5, 0.6) is 0 Å². The van der Waals surface area contributed by atoms with Gasteiger partial charge in [-0.1, -0.05) is 38.1 Å². The first-order chi connectivity index (χ1) is 20.1. The first kappa shape index (κ1) is 30.6. The van der Waals surface area contributed by atoms with Crippen LogP contribution in [0.1, 0.15) is 44.4 Å². The Kier molecular flexibility index (Phi) is 9.23. The van der Waals surface area contributed by atoms with Gasteiger partial charge in [-0.15, -0.1) is 0 Å². The number of nitrogens with zero attached hydrogens (tertiary/aromatic N) is 5. The Morgan fingerprint density at radius 2 is 2.00 bits per heavy atom. The number of amides is 2. The van der Waals surface area contributed by atoms with E-state index in [9.17, 15) is 9.59 Å². The lowest BCUT2D eigenvalue weighted by atomic mass is 9.80. The number of aromatic nitrogens is 1. The summed E-state index contributed by atoms with van der Waals surface area (Å²) in [5.74, 6) is 0.332. The van der Waals surface area contributed by atoms with E-state index in [1.807, 2.05) is 37.8 Å². The minimum absolute atomic E-state index is 0.00672. The van der Waals surface area contributed by atoms with Gasteiger partial charge in [0.15, 0.2) is 0 Å². The van der Waals surface area contributed by atoms with Gasteiger partial charge < -0.3 is 20.9 Å². The molecule has 0 radical (unpaired) electrons. The molecule has 222 valence electrons. The molecule has 1 aliphatic carbocycles. The first-order valence-electron chi connectivity index (χ1n) is 14.2. The Labute approximate surface area is 247 Å². The topological polar surface area (TPSA) is 119 Å². The average molecular weight is 574 g/mol. The van der Waals surface area contributed by atoms with Crippen LogP contribution < -0.4 is 10.6 Å². The molecule has 3 unspecified atom stereocenters. The number of benzene rings is 1. The van der Waals surface area contributed by atoms with Crippen LogP contribution in [-0.4, -0.2) is 78.4 Å². The van der Waals surface area contributed by atoms with Crippen LogP contribution in [0.4, 0.5) is 15.9 Å². The molecular weight excluding hydrogens is 533 g/mol. The van der Waals surface area contributed by atoms with Crippen molar-refractivity contribution < 1.29 is 14.0 Å². The van der Waals surface area contributed by atoms with Crippen LogP contribution in [0.15, 0.2) is 47.0 Å². The van der Waals surface area contributed by atoms with Gasteiger partial charge in [0.25, 0.3) is 0 Å². The van der Waals surface area contributed by atoms with Crippen molar-refractivity contribution in [1.82, 2.24) is 14.8 Å². The molecule has 2 heterocycles. The molecule has 0 bridgehead atoms. The summed E-state index contributed by atoms with van der Waals surface area (Å²) < 4.78 is 16.3. The Hall–Kier alpha value is -4.34. The normalized spacial score (nSPS) is 20.9. The molecule has 1 aromatic heterocycles. The van der Waals surface area contributed by atoms with E-state index in [0.717, 1.165) is 24.6 Å². The average Bonchev–Trinajstić information content (AvgIpc) is 2.97. The van der Waals surface area contributed by atoms with Crippen molar-refractivity contribution in [2.45, 2.75) is 46.7 Å². The zero-order chi connectivity index (χ0) is 30.7. The second-order valence-corrected chi connectivity index (χ2v) is 11.4. The zero-order valence-corrected chi connectivity index (χ0v) is 25.1. The van der Waals surface area contributed by atoms with Gasteiger partial charge in [-0.05, 0) is 50.0 Å². The van der Waals surface area contributed by atoms with Crippen molar-refractivity contribution >= 4 is 36.4 Å². The highest BCUT2D eigenvalue weighted by molar-refractivity contribution is 6.05. The van der Waals surface area contributed by atoms with Crippen molar-refractivity contribution in [3.05, 3.63) is 64.5 Å². The number of hydrogen-bond acceptors (Lipinski definition) is 6. The summed E-state index contributed by atoms with van der Waals surface area (Å²) in [5, 5.41) is 8.01. The SMILES string of the molecule is CN=C(c1cc(F)c(-c2c(C)ccc(N)c2C=N)nc1N(C=O)C1C(C)=CC=CC1C(C)C)N1CCN(C=O)CC1C. The number of hydrogen-bond donors (Lipinski definition) is 2. The maximum atomic E-state index is 16.3. The summed E-state index contributed by atoms with van der Waals surface area (Å²) in [5.41, 5.74) is 9.35. The third kappa shape index (κ3) is 5.57. The number of carbonyl (C=O) groups is 2. The number of piperazine rings is 1. The number of halogens is 1. The maximum absolute atomic E-state index is 16.3. The van der Waals surface area contributed by atoms with E-state index in [1.54, 1.807) is 29.0 Å². The monoisotopic (exact) mass is 573 g/mol. The maximum Gasteiger partial charge on any atom is 0.215 e. The molecule has 1 aromatic carbocycles. The number of rotatable bonds is 8. The fourth-order valence-corrected chi connectivity index (χ4v) is 6.11. The summed E-state index contributed by atoms with van der Waals surface area (Å²) in [6.07, 6.45) is 8.77. The lowest BCUT2D eigenvalue weighted by Gasteiger charge is -2.42. The summed E-state index contributed by atoms with van der Waals surface area (Å²) in [7, 11) is 1.63. The van der Waals surface area contributed by atoms with Crippen LogP contribution in [0.25, 0.3) is 11.3 Å². The van der Waals surface area contributed by atoms with Crippen molar-refractivity contribution in [3.63, 3.8) is 0 Å². The molecule has 2 aromatic rings. The largest absolute Gasteiger partial charge is 0.398 e. The third-order valence-electron chi connectivity index (χ3n) is 8.31. The molecule has 42 heavy (non-hydrogen) atoms. The predicted molar refractivity (Wildman–Crippen MR) is 166 cm³/mol. The van der Waals surface area contributed by atoms with E-state index in [4.69, 9.17) is 16.1 Å². The Morgan fingerprint density at radius 1 is 1.26 bits per heavy atom. The Bertz CT molecular complexity index is 1470. The Morgan fingerprint density at radius 3 is 2.60 bits per heavy atom. The van der Waals surface area contributed by atoms with Gasteiger partial charge in [0, 0.05) is 61.7 Å². The lowest BCUT2D eigenvalue weighted by Crippen LogP contribution is -2.54. The molecule has 2 aliphatic rings. The van der Waals surface area contributed by atoms with Gasteiger partial charge in [0.1, 0.15) is 23.2 Å². The number of pyridine rings is 1. The molecule has 0 spiro atoms. The van der Waals surface area contributed by atoms with Crippen LogP contribution in [0.2, 0.25) is 0 Å².